The number of aliphatic carboxylic acids is 1. The lowest BCUT2D eigenvalue weighted by Gasteiger charge is -2.27. The number of urea groups is 1. The van der Waals surface area contributed by atoms with Crippen LogP contribution in [0.2, 0.25) is 0 Å². The van der Waals surface area contributed by atoms with Gasteiger partial charge in [0.25, 0.3) is 0 Å². The summed E-state index contributed by atoms with van der Waals surface area (Å²) in [7, 11) is 1.63. The maximum atomic E-state index is 12.0. The van der Waals surface area contributed by atoms with E-state index in [0.29, 0.717) is 19.1 Å². The lowest BCUT2D eigenvalue weighted by molar-refractivity contribution is -0.142. The van der Waals surface area contributed by atoms with E-state index < -0.39 is 11.9 Å². The van der Waals surface area contributed by atoms with E-state index >= 15 is 0 Å². The fourth-order valence-electron chi connectivity index (χ4n) is 2.52. The zero-order chi connectivity index (χ0) is 14.0. The number of carbonyl (C=O) groups is 2. The monoisotopic (exact) mass is 270 g/mol. The zero-order valence-corrected chi connectivity index (χ0v) is 11.5. The summed E-state index contributed by atoms with van der Waals surface area (Å²) >= 11 is 0. The Morgan fingerprint density at radius 2 is 2.11 bits per heavy atom. The van der Waals surface area contributed by atoms with E-state index in [0.717, 1.165) is 5.92 Å². The van der Waals surface area contributed by atoms with E-state index in [9.17, 15) is 9.59 Å². The minimum absolute atomic E-state index is 0.177. The fraction of sp³-hybridized carbons (Fsp3) is 0.846. The molecular weight excluding hydrogens is 248 g/mol. The predicted octanol–water partition coefficient (Wildman–Crippen LogP) is 0.773. The minimum Gasteiger partial charge on any atom is -0.481 e. The molecule has 1 aliphatic carbocycles. The Balaban J connectivity index is 1.82. The van der Waals surface area contributed by atoms with Crippen LogP contribution >= 0.6 is 0 Å². The van der Waals surface area contributed by atoms with Gasteiger partial charge in [-0.25, -0.2) is 4.79 Å². The molecule has 2 amide bonds. The van der Waals surface area contributed by atoms with Gasteiger partial charge < -0.3 is 20.1 Å². The molecule has 1 saturated carbocycles. The van der Waals surface area contributed by atoms with Crippen LogP contribution in [-0.2, 0) is 9.53 Å². The second-order valence-corrected chi connectivity index (χ2v) is 5.66. The molecule has 0 spiro atoms. The molecule has 0 aromatic heterocycles. The van der Waals surface area contributed by atoms with Gasteiger partial charge in [0.05, 0.1) is 19.3 Å². The molecule has 108 valence electrons. The number of carbonyl (C=O) groups excluding carboxylic acids is 1. The van der Waals surface area contributed by atoms with Crippen molar-refractivity contribution in [1.29, 1.82) is 0 Å². The molecule has 0 bridgehead atoms. The third-order valence-corrected chi connectivity index (χ3v) is 4.19. The Kier molecular flexibility index (Phi) is 4.29. The number of hydrogen-bond acceptors (Lipinski definition) is 3. The Morgan fingerprint density at radius 3 is 2.68 bits per heavy atom. The van der Waals surface area contributed by atoms with E-state index in [4.69, 9.17) is 9.84 Å². The first-order chi connectivity index (χ1) is 9.00. The first-order valence-electron chi connectivity index (χ1n) is 6.82. The molecule has 3 unspecified atom stereocenters. The van der Waals surface area contributed by atoms with Gasteiger partial charge in [0, 0.05) is 13.6 Å². The number of carboxylic acid groups (broad SMARTS) is 1. The summed E-state index contributed by atoms with van der Waals surface area (Å²) < 4.78 is 5.17. The number of nitrogens with zero attached hydrogens (tertiary/aromatic N) is 1. The molecule has 1 heterocycles. The standard InChI is InChI=1S/C13H22N2O4/c1-8(9-3-4-9)5-14-13(18)15(2)11-7-19-6-10(11)12(16)17/h8-11H,3-7H2,1-2H3,(H,14,18)(H,16,17). The average Bonchev–Trinajstić information content (AvgIpc) is 3.11. The Hall–Kier alpha value is -1.30. The van der Waals surface area contributed by atoms with Crippen LogP contribution in [-0.4, -0.2) is 54.9 Å². The Labute approximate surface area is 113 Å². The van der Waals surface area contributed by atoms with E-state index in [2.05, 4.69) is 12.2 Å². The van der Waals surface area contributed by atoms with E-state index in [1.54, 1.807) is 7.05 Å². The number of hydrogen-bond donors (Lipinski definition) is 2. The maximum absolute atomic E-state index is 12.0. The fourth-order valence-corrected chi connectivity index (χ4v) is 2.52. The summed E-state index contributed by atoms with van der Waals surface area (Å²) in [6.07, 6.45) is 2.51. The van der Waals surface area contributed by atoms with Gasteiger partial charge in [0.15, 0.2) is 0 Å². The number of carboxylic acids is 1. The molecule has 0 radical (unpaired) electrons. The number of nitrogens with one attached hydrogen (secondary N) is 1. The van der Waals surface area contributed by atoms with Crippen molar-refractivity contribution in [2.75, 3.05) is 26.8 Å². The second kappa shape index (κ2) is 5.77. The van der Waals surface area contributed by atoms with Crippen molar-refractivity contribution in [1.82, 2.24) is 10.2 Å². The summed E-state index contributed by atoms with van der Waals surface area (Å²) in [6, 6.07) is -0.594. The number of likely N-dealkylation sites (N-methyl/N-ethyl adjacent to an activating group) is 1. The molecule has 2 N–H and O–H groups in total. The van der Waals surface area contributed by atoms with Gasteiger partial charge >= 0.3 is 12.0 Å². The van der Waals surface area contributed by atoms with Crippen LogP contribution in [0.25, 0.3) is 0 Å². The maximum Gasteiger partial charge on any atom is 0.317 e. The summed E-state index contributed by atoms with van der Waals surface area (Å²) in [4.78, 5) is 24.5. The van der Waals surface area contributed by atoms with E-state index in [-0.39, 0.29) is 18.7 Å². The van der Waals surface area contributed by atoms with Gasteiger partial charge in [-0.05, 0) is 24.7 Å². The lowest BCUT2D eigenvalue weighted by atomic mass is 10.0. The van der Waals surface area contributed by atoms with Crippen molar-refractivity contribution in [2.24, 2.45) is 17.8 Å². The molecule has 1 saturated heterocycles. The quantitative estimate of drug-likeness (QED) is 0.773. The van der Waals surface area contributed by atoms with Crippen molar-refractivity contribution in [3.8, 4) is 0 Å². The minimum atomic E-state index is -0.909. The molecule has 19 heavy (non-hydrogen) atoms. The number of amides is 2. The number of rotatable bonds is 5. The van der Waals surface area contributed by atoms with E-state index in [1.165, 1.54) is 17.7 Å². The van der Waals surface area contributed by atoms with Gasteiger partial charge in [-0.15, -0.1) is 0 Å². The molecule has 2 fully saturated rings. The average molecular weight is 270 g/mol. The van der Waals surface area contributed by atoms with Crippen LogP contribution in [0, 0.1) is 17.8 Å². The van der Waals surface area contributed by atoms with Crippen LogP contribution in [0.3, 0.4) is 0 Å². The topological polar surface area (TPSA) is 78.9 Å². The summed E-state index contributed by atoms with van der Waals surface area (Å²) in [5, 5.41) is 12.0. The van der Waals surface area contributed by atoms with Gasteiger partial charge in [-0.2, -0.15) is 0 Å². The van der Waals surface area contributed by atoms with Crippen LogP contribution in [0.5, 0.6) is 0 Å². The Bertz CT molecular complexity index is 357. The largest absolute Gasteiger partial charge is 0.481 e. The molecule has 6 heteroatoms. The Morgan fingerprint density at radius 1 is 1.42 bits per heavy atom. The molecule has 0 aromatic rings. The molecule has 2 rings (SSSR count). The van der Waals surface area contributed by atoms with Crippen molar-refractivity contribution in [2.45, 2.75) is 25.8 Å². The second-order valence-electron chi connectivity index (χ2n) is 5.66. The van der Waals surface area contributed by atoms with Crippen LogP contribution in [0.15, 0.2) is 0 Å². The van der Waals surface area contributed by atoms with Crippen molar-refractivity contribution in [3.63, 3.8) is 0 Å². The van der Waals surface area contributed by atoms with Gasteiger partial charge in [0.2, 0.25) is 0 Å². The van der Waals surface area contributed by atoms with Gasteiger partial charge in [-0.3, -0.25) is 4.79 Å². The van der Waals surface area contributed by atoms with Crippen LogP contribution in [0.4, 0.5) is 4.79 Å². The molecular formula is C13H22N2O4. The highest BCUT2D eigenvalue weighted by Crippen LogP contribution is 2.36. The summed E-state index contributed by atoms with van der Waals surface area (Å²) in [5.74, 6) is -0.301. The van der Waals surface area contributed by atoms with Crippen molar-refractivity contribution in [3.05, 3.63) is 0 Å². The molecule has 0 aromatic carbocycles. The van der Waals surface area contributed by atoms with Crippen molar-refractivity contribution >= 4 is 12.0 Å². The van der Waals surface area contributed by atoms with Gasteiger partial charge in [0.1, 0.15) is 5.92 Å². The first-order valence-corrected chi connectivity index (χ1v) is 6.82. The highest BCUT2D eigenvalue weighted by Gasteiger charge is 2.38. The smallest absolute Gasteiger partial charge is 0.317 e. The summed E-state index contributed by atoms with van der Waals surface area (Å²) in [5.41, 5.74) is 0. The number of ether oxygens (including phenoxy) is 1. The van der Waals surface area contributed by atoms with Crippen LogP contribution in [0.1, 0.15) is 19.8 Å². The summed E-state index contributed by atoms with van der Waals surface area (Å²) in [6.45, 7) is 3.25. The highest BCUT2D eigenvalue weighted by molar-refractivity contribution is 5.77. The third-order valence-electron chi connectivity index (χ3n) is 4.19. The molecule has 3 atom stereocenters. The normalized spacial score (nSPS) is 27.9. The SMILES string of the molecule is CC(CNC(=O)N(C)C1COCC1C(=O)O)C1CC1. The lowest BCUT2D eigenvalue weighted by Crippen LogP contribution is -2.49. The van der Waals surface area contributed by atoms with Crippen molar-refractivity contribution < 1.29 is 19.4 Å². The van der Waals surface area contributed by atoms with Crippen LogP contribution < -0.4 is 5.32 Å². The highest BCUT2D eigenvalue weighted by atomic mass is 16.5. The van der Waals surface area contributed by atoms with E-state index in [1.807, 2.05) is 0 Å². The zero-order valence-electron chi connectivity index (χ0n) is 11.5. The predicted molar refractivity (Wildman–Crippen MR) is 68.8 cm³/mol. The third kappa shape index (κ3) is 3.37. The molecule has 1 aliphatic heterocycles. The molecule has 6 nitrogen and oxygen atoms in total. The first kappa shape index (κ1) is 14.1. The molecule has 2 aliphatic rings. The van der Waals surface area contributed by atoms with Gasteiger partial charge in [-0.1, -0.05) is 6.92 Å².